The zero-order valence-corrected chi connectivity index (χ0v) is 10.5. The molecule has 0 saturated carbocycles. The molecule has 0 aliphatic carbocycles. The highest BCUT2D eigenvalue weighted by Gasteiger charge is 2.06. The molecular formula is C15H15NO3. The average molecular weight is 257 g/mol. The maximum Gasteiger partial charge on any atom is 0.207 e. The predicted octanol–water partition coefficient (Wildman–Crippen LogP) is 0.999. The molecule has 1 aromatic rings. The van der Waals surface area contributed by atoms with Crippen LogP contribution in [0.3, 0.4) is 0 Å². The summed E-state index contributed by atoms with van der Waals surface area (Å²) in [6.45, 7) is 0.879. The van der Waals surface area contributed by atoms with Gasteiger partial charge in [0, 0.05) is 6.54 Å². The van der Waals surface area contributed by atoms with E-state index in [9.17, 15) is 4.79 Å². The lowest BCUT2D eigenvalue weighted by Gasteiger charge is -2.11. The minimum Gasteiger partial charge on any atom is -0.477 e. The molecule has 0 bridgehead atoms. The van der Waals surface area contributed by atoms with E-state index < -0.39 is 0 Å². The third kappa shape index (κ3) is 5.06. The van der Waals surface area contributed by atoms with Gasteiger partial charge in [0.05, 0.1) is 0 Å². The van der Waals surface area contributed by atoms with Crippen LogP contribution in [-0.4, -0.2) is 26.2 Å². The third-order valence-electron chi connectivity index (χ3n) is 2.27. The molecule has 19 heavy (non-hydrogen) atoms. The highest BCUT2D eigenvalue weighted by Crippen LogP contribution is 2.28. The summed E-state index contributed by atoms with van der Waals surface area (Å²) in [4.78, 5) is 10.2. The summed E-state index contributed by atoms with van der Waals surface area (Å²) in [6.07, 6.45) is 11.7. The third-order valence-corrected chi connectivity index (χ3v) is 2.27. The second-order valence-corrected chi connectivity index (χ2v) is 3.59. The van der Waals surface area contributed by atoms with Gasteiger partial charge in [-0.25, -0.2) is 0 Å². The van der Waals surface area contributed by atoms with Crippen LogP contribution in [0, 0.1) is 24.7 Å². The summed E-state index contributed by atoms with van der Waals surface area (Å²) in [6, 6.07) is 5.50. The molecule has 0 atom stereocenters. The van der Waals surface area contributed by atoms with Crippen molar-refractivity contribution >= 4 is 6.41 Å². The molecule has 1 rings (SSSR count). The smallest absolute Gasteiger partial charge is 0.207 e. The number of hydrogen-bond acceptors (Lipinski definition) is 3. The Labute approximate surface area is 113 Å². The van der Waals surface area contributed by atoms with Crippen molar-refractivity contribution in [2.45, 2.75) is 6.42 Å². The zero-order valence-electron chi connectivity index (χ0n) is 10.5. The maximum absolute atomic E-state index is 10.2. The van der Waals surface area contributed by atoms with Gasteiger partial charge < -0.3 is 14.8 Å². The molecule has 0 aliphatic rings. The first-order valence-electron chi connectivity index (χ1n) is 5.74. The minimum atomic E-state index is 0.155. The summed E-state index contributed by atoms with van der Waals surface area (Å²) in [5.74, 6) is 5.89. The fourth-order valence-corrected chi connectivity index (χ4v) is 1.45. The molecular weight excluding hydrogens is 242 g/mol. The van der Waals surface area contributed by atoms with Gasteiger partial charge in [-0.15, -0.1) is 12.8 Å². The van der Waals surface area contributed by atoms with Crippen molar-refractivity contribution in [2.75, 3.05) is 19.8 Å². The van der Waals surface area contributed by atoms with Crippen LogP contribution in [0.4, 0.5) is 0 Å². The Morgan fingerprint density at radius 3 is 2.47 bits per heavy atom. The van der Waals surface area contributed by atoms with E-state index in [2.05, 4.69) is 17.2 Å². The molecule has 98 valence electrons. The molecule has 0 spiro atoms. The fraction of sp³-hybridized carbons (Fsp3) is 0.267. The summed E-state index contributed by atoms with van der Waals surface area (Å²) in [5, 5.41) is 2.60. The van der Waals surface area contributed by atoms with Gasteiger partial charge >= 0.3 is 0 Å². The van der Waals surface area contributed by atoms with Gasteiger partial charge in [-0.05, 0) is 24.1 Å². The molecule has 4 nitrogen and oxygen atoms in total. The number of nitrogens with one attached hydrogen (secondary N) is 1. The van der Waals surface area contributed by atoms with E-state index in [0.29, 0.717) is 30.9 Å². The van der Waals surface area contributed by atoms with Crippen LogP contribution >= 0.6 is 0 Å². The molecule has 0 radical (unpaired) electrons. The van der Waals surface area contributed by atoms with Gasteiger partial charge in [0.2, 0.25) is 6.41 Å². The largest absolute Gasteiger partial charge is 0.477 e. The predicted molar refractivity (Wildman–Crippen MR) is 72.9 cm³/mol. The minimum absolute atomic E-state index is 0.155. The number of benzene rings is 1. The van der Waals surface area contributed by atoms with E-state index in [-0.39, 0.29) is 13.2 Å². The van der Waals surface area contributed by atoms with Crippen molar-refractivity contribution < 1.29 is 14.3 Å². The van der Waals surface area contributed by atoms with Gasteiger partial charge in [0.15, 0.2) is 11.5 Å². The number of ether oxygens (including phenoxy) is 2. The second kappa shape index (κ2) is 8.49. The van der Waals surface area contributed by atoms with Crippen LogP contribution in [-0.2, 0) is 11.2 Å². The molecule has 0 aromatic heterocycles. The van der Waals surface area contributed by atoms with Crippen molar-refractivity contribution in [1.29, 1.82) is 0 Å². The van der Waals surface area contributed by atoms with Gasteiger partial charge in [0.1, 0.15) is 13.2 Å². The van der Waals surface area contributed by atoms with Crippen LogP contribution in [0.5, 0.6) is 11.5 Å². The first kappa shape index (κ1) is 14.5. The quantitative estimate of drug-likeness (QED) is 0.429. The number of carbonyl (C=O) groups is 1. The lowest BCUT2D eigenvalue weighted by Crippen LogP contribution is -2.14. The average Bonchev–Trinajstić information content (AvgIpc) is 2.44. The van der Waals surface area contributed by atoms with Gasteiger partial charge in [-0.3, -0.25) is 4.79 Å². The number of amides is 1. The van der Waals surface area contributed by atoms with Crippen LogP contribution in [0.15, 0.2) is 18.2 Å². The Balaban J connectivity index is 2.78. The van der Waals surface area contributed by atoms with E-state index in [0.717, 1.165) is 5.56 Å². The van der Waals surface area contributed by atoms with E-state index in [1.807, 2.05) is 12.1 Å². The summed E-state index contributed by atoms with van der Waals surface area (Å²) in [5.41, 5.74) is 1.01. The summed E-state index contributed by atoms with van der Waals surface area (Å²) >= 11 is 0. The van der Waals surface area contributed by atoms with Gasteiger partial charge in [-0.2, -0.15) is 0 Å². The number of terminal acetylenes is 2. The molecule has 0 unspecified atom stereocenters. The normalized spacial score (nSPS) is 8.95. The SMILES string of the molecule is C#CCOc1ccc(CCNC=O)cc1OCC#C. The van der Waals surface area contributed by atoms with Crippen molar-refractivity contribution in [3.63, 3.8) is 0 Å². The molecule has 1 aromatic carbocycles. The molecule has 0 fully saturated rings. The van der Waals surface area contributed by atoms with Crippen molar-refractivity contribution in [3.05, 3.63) is 23.8 Å². The molecule has 0 saturated heterocycles. The van der Waals surface area contributed by atoms with E-state index >= 15 is 0 Å². The van der Waals surface area contributed by atoms with Crippen LogP contribution in [0.1, 0.15) is 5.56 Å². The van der Waals surface area contributed by atoms with Crippen LogP contribution in [0.2, 0.25) is 0 Å². The van der Waals surface area contributed by atoms with E-state index in [1.54, 1.807) is 6.07 Å². The molecule has 0 aliphatic heterocycles. The Hall–Kier alpha value is -2.59. The Bertz CT molecular complexity index is 497. The maximum atomic E-state index is 10.2. The molecule has 0 heterocycles. The van der Waals surface area contributed by atoms with Gasteiger partial charge in [0.25, 0.3) is 0 Å². The highest BCUT2D eigenvalue weighted by molar-refractivity contribution is 5.46. The summed E-state index contributed by atoms with van der Waals surface area (Å²) in [7, 11) is 0. The molecule has 1 amide bonds. The number of carbonyl (C=O) groups excluding carboxylic acids is 1. The number of hydrogen-bond donors (Lipinski definition) is 1. The zero-order chi connectivity index (χ0) is 13.9. The van der Waals surface area contributed by atoms with Crippen LogP contribution in [0.25, 0.3) is 0 Å². The topological polar surface area (TPSA) is 47.6 Å². The Kier molecular flexibility index (Phi) is 6.47. The first-order chi connectivity index (χ1) is 9.31. The van der Waals surface area contributed by atoms with Gasteiger partial charge in [-0.1, -0.05) is 17.9 Å². The highest BCUT2D eigenvalue weighted by atomic mass is 16.5. The lowest BCUT2D eigenvalue weighted by molar-refractivity contribution is -0.109. The first-order valence-corrected chi connectivity index (χ1v) is 5.74. The van der Waals surface area contributed by atoms with Crippen LogP contribution < -0.4 is 14.8 Å². The van der Waals surface area contributed by atoms with Crippen molar-refractivity contribution in [2.24, 2.45) is 0 Å². The molecule has 1 N–H and O–H groups in total. The summed E-state index contributed by atoms with van der Waals surface area (Å²) < 4.78 is 10.8. The Morgan fingerprint density at radius 2 is 1.84 bits per heavy atom. The lowest BCUT2D eigenvalue weighted by atomic mass is 10.1. The number of rotatable bonds is 8. The van der Waals surface area contributed by atoms with Crippen molar-refractivity contribution in [1.82, 2.24) is 5.32 Å². The fourth-order valence-electron chi connectivity index (χ4n) is 1.45. The monoisotopic (exact) mass is 257 g/mol. The second-order valence-electron chi connectivity index (χ2n) is 3.59. The van der Waals surface area contributed by atoms with E-state index in [4.69, 9.17) is 22.3 Å². The van der Waals surface area contributed by atoms with Crippen molar-refractivity contribution in [3.8, 4) is 36.2 Å². The van der Waals surface area contributed by atoms with E-state index in [1.165, 1.54) is 0 Å². The standard InChI is InChI=1S/C15H15NO3/c1-3-9-18-14-6-5-13(7-8-16-12-17)11-15(14)19-10-4-2/h1-2,5-6,11-12H,7-10H2,(H,16,17). The Morgan fingerprint density at radius 1 is 1.16 bits per heavy atom. The molecule has 4 heteroatoms.